The number of hydrogen-bond donors (Lipinski definition) is 1. The van der Waals surface area contributed by atoms with Crippen LogP contribution >= 0.6 is 15.9 Å². The Morgan fingerprint density at radius 2 is 1.59 bits per heavy atom. The second kappa shape index (κ2) is 14.3. The van der Waals surface area contributed by atoms with Gasteiger partial charge in [-0.1, -0.05) is 77.5 Å². The van der Waals surface area contributed by atoms with Crippen LogP contribution in [0.4, 0.5) is 5.69 Å². The van der Waals surface area contributed by atoms with E-state index in [1.165, 1.54) is 10.6 Å². The number of benzene rings is 3. The van der Waals surface area contributed by atoms with E-state index in [2.05, 4.69) is 21.2 Å². The Balaban J connectivity index is 1.83. The molecule has 1 atom stereocenters. The number of aryl methyl sites for hydroxylation is 1. The van der Waals surface area contributed by atoms with Gasteiger partial charge in [0.15, 0.2) is 0 Å². The molecule has 0 unspecified atom stereocenters. The Morgan fingerprint density at radius 1 is 0.923 bits per heavy atom. The van der Waals surface area contributed by atoms with E-state index in [-0.39, 0.29) is 31.3 Å². The highest BCUT2D eigenvalue weighted by molar-refractivity contribution is 9.10. The van der Waals surface area contributed by atoms with E-state index in [9.17, 15) is 18.0 Å². The van der Waals surface area contributed by atoms with E-state index in [0.29, 0.717) is 18.5 Å². The first-order valence-corrected chi connectivity index (χ1v) is 15.6. The second-order valence-corrected chi connectivity index (χ2v) is 12.3. The van der Waals surface area contributed by atoms with Gasteiger partial charge in [-0.05, 0) is 53.8 Å². The van der Waals surface area contributed by atoms with Crippen molar-refractivity contribution in [3.8, 4) is 0 Å². The van der Waals surface area contributed by atoms with Crippen molar-refractivity contribution in [2.75, 3.05) is 24.2 Å². The summed E-state index contributed by atoms with van der Waals surface area (Å²) in [5.41, 5.74) is 3.51. The van der Waals surface area contributed by atoms with Gasteiger partial charge in [-0.25, -0.2) is 8.42 Å². The summed E-state index contributed by atoms with van der Waals surface area (Å²) in [6.45, 7) is 2.44. The number of nitrogens with zero attached hydrogens (tertiary/aromatic N) is 2. The fourth-order valence-electron chi connectivity index (χ4n) is 4.45. The Kier molecular flexibility index (Phi) is 11.1. The minimum absolute atomic E-state index is 0.0926. The molecule has 2 amide bonds. The maximum atomic E-state index is 13.7. The average Bonchev–Trinajstić information content (AvgIpc) is 2.92. The van der Waals surface area contributed by atoms with E-state index in [1.807, 2.05) is 73.7 Å². The molecule has 208 valence electrons. The number of hydrogen-bond acceptors (Lipinski definition) is 4. The zero-order valence-electron chi connectivity index (χ0n) is 22.6. The quantitative estimate of drug-likeness (QED) is 0.296. The molecule has 0 aromatic heterocycles. The summed E-state index contributed by atoms with van der Waals surface area (Å²) in [6.07, 6.45) is 2.79. The van der Waals surface area contributed by atoms with Crippen molar-refractivity contribution in [2.24, 2.45) is 0 Å². The largest absolute Gasteiger partial charge is 0.357 e. The van der Waals surface area contributed by atoms with Crippen molar-refractivity contribution in [1.29, 1.82) is 0 Å². The van der Waals surface area contributed by atoms with E-state index < -0.39 is 16.1 Å². The second-order valence-electron chi connectivity index (χ2n) is 9.43. The number of likely N-dealkylation sites (N-methyl/N-ethyl adjacent to an activating group) is 1. The van der Waals surface area contributed by atoms with E-state index in [0.717, 1.165) is 27.6 Å². The van der Waals surface area contributed by atoms with Crippen LogP contribution in [-0.4, -0.2) is 51.0 Å². The van der Waals surface area contributed by atoms with Crippen LogP contribution in [0, 0.1) is 0 Å². The number of amides is 2. The minimum atomic E-state index is -3.54. The molecule has 7 nitrogen and oxygen atoms in total. The molecule has 0 bridgehead atoms. The molecule has 0 saturated carbocycles. The molecule has 3 rings (SSSR count). The van der Waals surface area contributed by atoms with Gasteiger partial charge in [-0.3, -0.25) is 13.9 Å². The van der Waals surface area contributed by atoms with Gasteiger partial charge in [0.05, 0.1) is 11.9 Å². The molecule has 1 N–H and O–H groups in total. The normalized spacial score (nSPS) is 12.0. The summed E-state index contributed by atoms with van der Waals surface area (Å²) in [5, 5.41) is 2.71. The molecule has 0 fully saturated rings. The monoisotopic (exact) mass is 613 g/mol. The number of halogens is 1. The standard InChI is InChI=1S/C30H36BrN3O4S/c1-4-23-15-17-27(18-16-23)34(39(3,37)38)19-9-14-29(35)33(22-25-12-8-13-26(31)20-25)28(30(36)32-2)21-24-10-6-5-7-11-24/h5-8,10-13,15-18,20,28H,4,9,14,19,21-22H2,1-3H3,(H,32,36)/t28-/m0/s1. The van der Waals surface area contributed by atoms with Crippen LogP contribution in [0.3, 0.4) is 0 Å². The van der Waals surface area contributed by atoms with Crippen LogP contribution in [0.5, 0.6) is 0 Å². The van der Waals surface area contributed by atoms with Crippen molar-refractivity contribution in [1.82, 2.24) is 10.2 Å². The number of sulfonamides is 1. The fourth-order valence-corrected chi connectivity index (χ4v) is 5.87. The maximum Gasteiger partial charge on any atom is 0.242 e. The number of carbonyl (C=O) groups excluding carboxylic acids is 2. The molecule has 0 aliphatic carbocycles. The molecule has 0 spiro atoms. The summed E-state index contributed by atoms with van der Waals surface area (Å²) in [4.78, 5) is 28.4. The van der Waals surface area contributed by atoms with Crippen LogP contribution in [0.15, 0.2) is 83.3 Å². The Hall–Kier alpha value is -3.17. The molecular formula is C30H36BrN3O4S. The lowest BCUT2D eigenvalue weighted by Gasteiger charge is -2.31. The van der Waals surface area contributed by atoms with Crippen molar-refractivity contribution < 1.29 is 18.0 Å². The third kappa shape index (κ3) is 8.93. The molecule has 0 saturated heterocycles. The first-order valence-electron chi connectivity index (χ1n) is 13.0. The molecule has 0 heterocycles. The summed E-state index contributed by atoms with van der Waals surface area (Å²) in [6, 6.07) is 23.9. The maximum absolute atomic E-state index is 13.7. The van der Waals surface area contributed by atoms with Crippen molar-refractivity contribution >= 4 is 43.5 Å². The van der Waals surface area contributed by atoms with E-state index in [1.54, 1.807) is 24.1 Å². The van der Waals surface area contributed by atoms with Crippen molar-refractivity contribution in [3.63, 3.8) is 0 Å². The molecule has 0 radical (unpaired) electrons. The summed E-state index contributed by atoms with van der Waals surface area (Å²) >= 11 is 3.48. The highest BCUT2D eigenvalue weighted by atomic mass is 79.9. The Bertz CT molecular complexity index is 1350. The number of nitrogens with one attached hydrogen (secondary N) is 1. The predicted molar refractivity (Wildman–Crippen MR) is 160 cm³/mol. The van der Waals surface area contributed by atoms with Gasteiger partial charge < -0.3 is 10.2 Å². The minimum Gasteiger partial charge on any atom is -0.357 e. The third-order valence-corrected chi connectivity index (χ3v) is 8.23. The highest BCUT2D eigenvalue weighted by Crippen LogP contribution is 2.22. The van der Waals surface area contributed by atoms with Gasteiger partial charge in [0, 0.05) is 37.5 Å². The Labute approximate surface area is 240 Å². The SMILES string of the molecule is CCc1ccc(N(CCCC(=O)N(Cc2cccc(Br)c2)[C@@H](Cc2ccccc2)C(=O)NC)S(C)(=O)=O)cc1. The molecule has 0 aliphatic rings. The third-order valence-electron chi connectivity index (χ3n) is 6.54. The predicted octanol–water partition coefficient (Wildman–Crippen LogP) is 4.94. The van der Waals surface area contributed by atoms with Gasteiger partial charge in [0.1, 0.15) is 6.04 Å². The molecule has 9 heteroatoms. The van der Waals surface area contributed by atoms with Gasteiger partial charge in [-0.2, -0.15) is 0 Å². The summed E-state index contributed by atoms with van der Waals surface area (Å²) in [7, 11) is -1.98. The zero-order chi connectivity index (χ0) is 28.4. The van der Waals surface area contributed by atoms with Gasteiger partial charge in [0.25, 0.3) is 0 Å². The van der Waals surface area contributed by atoms with E-state index >= 15 is 0 Å². The molecule has 3 aromatic carbocycles. The summed E-state index contributed by atoms with van der Waals surface area (Å²) < 4.78 is 27.4. The van der Waals surface area contributed by atoms with Crippen molar-refractivity contribution in [2.45, 2.75) is 45.2 Å². The number of anilines is 1. The van der Waals surface area contributed by atoms with E-state index in [4.69, 9.17) is 0 Å². The van der Waals surface area contributed by atoms with Crippen LogP contribution in [-0.2, 0) is 39.0 Å². The first-order chi connectivity index (χ1) is 18.6. The van der Waals surface area contributed by atoms with Crippen LogP contribution in [0.2, 0.25) is 0 Å². The van der Waals surface area contributed by atoms with Gasteiger partial charge in [0.2, 0.25) is 21.8 Å². The first kappa shape index (κ1) is 30.4. The molecule has 39 heavy (non-hydrogen) atoms. The van der Waals surface area contributed by atoms with Crippen LogP contribution in [0.1, 0.15) is 36.5 Å². The lowest BCUT2D eigenvalue weighted by Crippen LogP contribution is -2.49. The molecular weight excluding hydrogens is 578 g/mol. The average molecular weight is 615 g/mol. The Morgan fingerprint density at radius 3 is 2.18 bits per heavy atom. The fraction of sp³-hybridized carbons (Fsp3) is 0.333. The molecule has 3 aromatic rings. The number of carbonyl (C=O) groups is 2. The lowest BCUT2D eigenvalue weighted by atomic mass is 10.0. The van der Waals surface area contributed by atoms with Gasteiger partial charge >= 0.3 is 0 Å². The van der Waals surface area contributed by atoms with Gasteiger partial charge in [-0.15, -0.1) is 0 Å². The zero-order valence-corrected chi connectivity index (χ0v) is 25.0. The van der Waals surface area contributed by atoms with Crippen LogP contribution < -0.4 is 9.62 Å². The molecule has 0 aliphatic heterocycles. The van der Waals surface area contributed by atoms with Crippen molar-refractivity contribution in [3.05, 3.63) is 100 Å². The smallest absolute Gasteiger partial charge is 0.242 e. The topological polar surface area (TPSA) is 86.8 Å². The summed E-state index contributed by atoms with van der Waals surface area (Å²) in [5.74, 6) is -0.467. The highest BCUT2D eigenvalue weighted by Gasteiger charge is 2.30. The lowest BCUT2D eigenvalue weighted by molar-refractivity contribution is -0.141. The van der Waals surface area contributed by atoms with Crippen LogP contribution in [0.25, 0.3) is 0 Å². The number of rotatable bonds is 13.